The molecule has 0 aliphatic carbocycles. The average Bonchev–Trinajstić information content (AvgIpc) is 3.17. The fraction of sp³-hybridized carbons (Fsp3) is 0.0500. The summed E-state index contributed by atoms with van der Waals surface area (Å²) >= 11 is 0. The van der Waals surface area contributed by atoms with E-state index < -0.39 is 0 Å². The topological polar surface area (TPSA) is 70.7 Å². The third-order valence-corrected chi connectivity index (χ3v) is 4.13. The van der Waals surface area contributed by atoms with Crippen molar-refractivity contribution in [3.8, 4) is 11.4 Å². The molecule has 0 aliphatic heterocycles. The molecule has 2 aromatic carbocycles. The van der Waals surface area contributed by atoms with Gasteiger partial charge in [0.05, 0.1) is 11.1 Å². The van der Waals surface area contributed by atoms with Crippen LogP contribution in [-0.4, -0.2) is 20.9 Å². The molecular weight excluding hydrogens is 312 g/mol. The number of nitrogens with one attached hydrogen (secondary N) is 2. The van der Waals surface area contributed by atoms with Crippen LogP contribution in [0.5, 0.6) is 0 Å². The summed E-state index contributed by atoms with van der Waals surface area (Å²) in [6.45, 7) is 1.96. The van der Waals surface area contributed by atoms with E-state index in [0.29, 0.717) is 11.1 Å². The van der Waals surface area contributed by atoms with E-state index in [1.54, 1.807) is 24.7 Å². The van der Waals surface area contributed by atoms with Crippen molar-refractivity contribution in [1.82, 2.24) is 15.0 Å². The fourth-order valence-electron chi connectivity index (χ4n) is 2.80. The first-order valence-corrected chi connectivity index (χ1v) is 7.98. The molecule has 5 heteroatoms. The Morgan fingerprint density at radius 1 is 1.04 bits per heavy atom. The molecule has 2 heterocycles. The van der Waals surface area contributed by atoms with Gasteiger partial charge in [-0.3, -0.25) is 9.78 Å². The highest BCUT2D eigenvalue weighted by molar-refractivity contribution is 6.12. The van der Waals surface area contributed by atoms with E-state index in [0.717, 1.165) is 28.0 Å². The van der Waals surface area contributed by atoms with E-state index in [1.807, 2.05) is 49.4 Å². The first-order chi connectivity index (χ1) is 12.2. The zero-order chi connectivity index (χ0) is 17.2. The van der Waals surface area contributed by atoms with Crippen molar-refractivity contribution < 1.29 is 4.79 Å². The lowest BCUT2D eigenvalue weighted by Gasteiger charge is -2.11. The van der Waals surface area contributed by atoms with Crippen LogP contribution < -0.4 is 5.32 Å². The number of pyridine rings is 1. The minimum absolute atomic E-state index is 0.177. The van der Waals surface area contributed by atoms with Gasteiger partial charge in [-0.2, -0.15) is 0 Å². The second-order valence-corrected chi connectivity index (χ2v) is 5.80. The zero-order valence-electron chi connectivity index (χ0n) is 13.7. The minimum atomic E-state index is -0.177. The van der Waals surface area contributed by atoms with E-state index in [1.165, 1.54) is 0 Å². The maximum atomic E-state index is 12.8. The van der Waals surface area contributed by atoms with E-state index in [4.69, 9.17) is 0 Å². The number of benzene rings is 2. The molecule has 25 heavy (non-hydrogen) atoms. The number of hydrogen-bond acceptors (Lipinski definition) is 3. The maximum absolute atomic E-state index is 12.8. The van der Waals surface area contributed by atoms with Crippen molar-refractivity contribution in [2.75, 3.05) is 5.32 Å². The quantitative estimate of drug-likeness (QED) is 0.592. The van der Waals surface area contributed by atoms with Crippen LogP contribution in [0.25, 0.3) is 22.3 Å². The van der Waals surface area contributed by atoms with Crippen LogP contribution in [-0.2, 0) is 0 Å². The number of para-hydroxylation sites is 1. The average molecular weight is 328 g/mol. The molecule has 0 atom stereocenters. The number of aryl methyl sites for hydroxylation is 1. The Morgan fingerprint density at radius 2 is 1.92 bits per heavy atom. The molecule has 2 aromatic heterocycles. The molecule has 0 bridgehead atoms. The number of imidazole rings is 1. The normalized spacial score (nSPS) is 10.8. The van der Waals surface area contributed by atoms with Gasteiger partial charge in [-0.15, -0.1) is 0 Å². The number of amides is 1. The van der Waals surface area contributed by atoms with Crippen LogP contribution in [0.4, 0.5) is 5.69 Å². The molecule has 4 rings (SSSR count). The van der Waals surface area contributed by atoms with Crippen molar-refractivity contribution in [3.63, 3.8) is 0 Å². The number of H-pyrrole nitrogens is 1. The predicted octanol–water partition coefficient (Wildman–Crippen LogP) is 4.19. The van der Waals surface area contributed by atoms with Gasteiger partial charge < -0.3 is 10.3 Å². The SMILES string of the molecule is Cc1ccc(-c2ncc[nH]2)cc1NC(=O)c1cccc2cccnc12. The van der Waals surface area contributed by atoms with Gasteiger partial charge in [-0.1, -0.05) is 30.3 Å². The summed E-state index contributed by atoms with van der Waals surface area (Å²) < 4.78 is 0. The molecule has 0 unspecified atom stereocenters. The number of aromatic amines is 1. The number of aromatic nitrogens is 3. The number of carbonyl (C=O) groups excluding carboxylic acids is 1. The van der Waals surface area contributed by atoms with E-state index >= 15 is 0 Å². The van der Waals surface area contributed by atoms with E-state index in [-0.39, 0.29) is 5.91 Å². The van der Waals surface area contributed by atoms with Crippen molar-refractivity contribution in [3.05, 3.63) is 78.2 Å². The summed E-state index contributed by atoms with van der Waals surface area (Å²) in [5.74, 6) is 0.589. The lowest BCUT2D eigenvalue weighted by molar-refractivity contribution is 0.102. The number of carbonyl (C=O) groups is 1. The summed E-state index contributed by atoms with van der Waals surface area (Å²) in [6.07, 6.45) is 5.17. The Bertz CT molecular complexity index is 1050. The van der Waals surface area contributed by atoms with Gasteiger partial charge in [0, 0.05) is 35.2 Å². The largest absolute Gasteiger partial charge is 0.345 e. The Kier molecular flexibility index (Phi) is 3.74. The van der Waals surface area contributed by atoms with Gasteiger partial charge >= 0.3 is 0 Å². The number of fused-ring (bicyclic) bond motifs is 1. The molecular formula is C20H16N4O. The van der Waals surface area contributed by atoms with Gasteiger partial charge in [0.2, 0.25) is 0 Å². The van der Waals surface area contributed by atoms with Crippen molar-refractivity contribution >= 4 is 22.5 Å². The molecule has 0 radical (unpaired) electrons. The predicted molar refractivity (Wildman–Crippen MR) is 98.5 cm³/mol. The Morgan fingerprint density at radius 3 is 2.76 bits per heavy atom. The smallest absolute Gasteiger partial charge is 0.257 e. The standard InChI is InChI=1S/C20H16N4O/c1-13-7-8-15(19-22-10-11-23-19)12-17(13)24-20(25)16-6-2-4-14-5-3-9-21-18(14)16/h2-12H,1H3,(H,22,23)(H,24,25). The maximum Gasteiger partial charge on any atom is 0.257 e. The number of anilines is 1. The molecule has 0 spiro atoms. The zero-order valence-corrected chi connectivity index (χ0v) is 13.7. The number of rotatable bonds is 3. The van der Waals surface area contributed by atoms with Crippen LogP contribution >= 0.6 is 0 Å². The Balaban J connectivity index is 1.70. The molecule has 122 valence electrons. The van der Waals surface area contributed by atoms with Crippen LogP contribution in [0, 0.1) is 6.92 Å². The van der Waals surface area contributed by atoms with Gasteiger partial charge in [-0.05, 0) is 30.7 Å². The Labute approximate surface area is 144 Å². The third-order valence-electron chi connectivity index (χ3n) is 4.13. The molecule has 0 fully saturated rings. The lowest BCUT2D eigenvalue weighted by atomic mass is 10.1. The van der Waals surface area contributed by atoms with E-state index in [9.17, 15) is 4.79 Å². The molecule has 0 saturated carbocycles. The highest BCUT2D eigenvalue weighted by Crippen LogP contribution is 2.24. The van der Waals surface area contributed by atoms with Crippen LogP contribution in [0.2, 0.25) is 0 Å². The molecule has 0 aliphatic rings. The molecule has 5 nitrogen and oxygen atoms in total. The highest BCUT2D eigenvalue weighted by Gasteiger charge is 2.13. The van der Waals surface area contributed by atoms with Crippen molar-refractivity contribution in [2.45, 2.75) is 6.92 Å². The van der Waals surface area contributed by atoms with Gasteiger partial charge in [0.1, 0.15) is 5.82 Å². The lowest BCUT2D eigenvalue weighted by Crippen LogP contribution is -2.13. The molecule has 0 saturated heterocycles. The molecule has 4 aromatic rings. The van der Waals surface area contributed by atoms with Crippen molar-refractivity contribution in [2.24, 2.45) is 0 Å². The van der Waals surface area contributed by atoms with Crippen LogP contribution in [0.15, 0.2) is 67.1 Å². The first kappa shape index (κ1) is 15.1. The van der Waals surface area contributed by atoms with Gasteiger partial charge in [0.15, 0.2) is 0 Å². The first-order valence-electron chi connectivity index (χ1n) is 7.98. The van der Waals surface area contributed by atoms with E-state index in [2.05, 4.69) is 20.3 Å². The van der Waals surface area contributed by atoms with Gasteiger partial charge in [0.25, 0.3) is 5.91 Å². The summed E-state index contributed by atoms with van der Waals surface area (Å²) in [4.78, 5) is 24.5. The highest BCUT2D eigenvalue weighted by atomic mass is 16.1. The summed E-state index contributed by atoms with van der Waals surface area (Å²) in [5, 5.41) is 3.94. The third kappa shape index (κ3) is 2.87. The number of hydrogen-bond donors (Lipinski definition) is 2. The summed E-state index contributed by atoms with van der Waals surface area (Å²) in [6, 6.07) is 15.3. The number of nitrogens with zero attached hydrogens (tertiary/aromatic N) is 2. The molecule has 2 N–H and O–H groups in total. The van der Waals surface area contributed by atoms with Crippen LogP contribution in [0.1, 0.15) is 15.9 Å². The Hall–Kier alpha value is -3.47. The second-order valence-electron chi connectivity index (χ2n) is 5.80. The van der Waals surface area contributed by atoms with Crippen LogP contribution in [0.3, 0.4) is 0 Å². The summed E-state index contributed by atoms with van der Waals surface area (Å²) in [5.41, 5.74) is 3.91. The van der Waals surface area contributed by atoms with Gasteiger partial charge in [-0.25, -0.2) is 4.98 Å². The summed E-state index contributed by atoms with van der Waals surface area (Å²) in [7, 11) is 0. The fourth-order valence-corrected chi connectivity index (χ4v) is 2.80. The van der Waals surface area contributed by atoms with Crippen molar-refractivity contribution in [1.29, 1.82) is 0 Å². The molecule has 1 amide bonds. The monoisotopic (exact) mass is 328 g/mol. The second kappa shape index (κ2) is 6.20. The minimum Gasteiger partial charge on any atom is -0.345 e.